The van der Waals surface area contributed by atoms with Crippen LogP contribution >= 0.6 is 15.9 Å². The topological polar surface area (TPSA) is 39.1 Å². The first-order valence-electron chi connectivity index (χ1n) is 11.4. The predicted molar refractivity (Wildman–Crippen MR) is 141 cm³/mol. The number of hydrogen-bond donors (Lipinski definition) is 1. The molecule has 0 saturated carbocycles. The number of hydrogen-bond acceptors (Lipinski definition) is 3. The maximum absolute atomic E-state index is 6.48. The Morgan fingerprint density at radius 2 is 1.79 bits per heavy atom. The van der Waals surface area contributed by atoms with Crippen molar-refractivity contribution in [3.05, 3.63) is 112 Å². The number of benzene rings is 4. The Morgan fingerprint density at radius 3 is 2.68 bits per heavy atom. The lowest BCUT2D eigenvalue weighted by Crippen LogP contribution is -2.27. The Kier molecular flexibility index (Phi) is 5.15. The van der Waals surface area contributed by atoms with E-state index in [0.29, 0.717) is 6.61 Å². The largest absolute Gasteiger partial charge is 0.488 e. The molecule has 6 rings (SSSR count). The summed E-state index contributed by atoms with van der Waals surface area (Å²) in [4.78, 5) is 0. The van der Waals surface area contributed by atoms with Gasteiger partial charge in [-0.25, -0.2) is 4.68 Å². The highest BCUT2D eigenvalue weighted by atomic mass is 79.9. The first-order chi connectivity index (χ1) is 16.6. The lowest BCUT2D eigenvalue weighted by Gasteiger charge is -2.32. The SMILES string of the molecule is Cc1cc2n(n1)C(c1c(OCc3cccc(Br)c3)ccc3ccccc13)Nc1c(C)cccc1-2. The number of anilines is 1. The Morgan fingerprint density at radius 1 is 0.941 bits per heavy atom. The monoisotopic (exact) mass is 509 g/mol. The molecule has 168 valence electrons. The molecule has 1 N–H and O–H groups in total. The summed E-state index contributed by atoms with van der Waals surface area (Å²) in [7, 11) is 0. The minimum atomic E-state index is -0.194. The molecular formula is C29H24BrN3O. The molecule has 0 spiro atoms. The number of halogens is 1. The summed E-state index contributed by atoms with van der Waals surface area (Å²) in [5, 5.41) is 11.0. The summed E-state index contributed by atoms with van der Waals surface area (Å²) in [5.41, 5.74) is 7.84. The van der Waals surface area contributed by atoms with E-state index in [9.17, 15) is 0 Å². The van der Waals surface area contributed by atoms with Crippen molar-refractivity contribution in [2.45, 2.75) is 26.6 Å². The van der Waals surface area contributed by atoms with Crippen molar-refractivity contribution < 1.29 is 4.74 Å². The zero-order valence-electron chi connectivity index (χ0n) is 19.0. The molecule has 4 nitrogen and oxygen atoms in total. The van der Waals surface area contributed by atoms with Crippen molar-refractivity contribution in [2.24, 2.45) is 0 Å². The van der Waals surface area contributed by atoms with E-state index in [1.54, 1.807) is 0 Å². The molecule has 0 aliphatic carbocycles. The Labute approximate surface area is 207 Å². The Bertz CT molecular complexity index is 1540. The van der Waals surface area contributed by atoms with E-state index in [0.717, 1.165) is 43.8 Å². The second-order valence-corrected chi connectivity index (χ2v) is 9.69. The molecule has 5 aromatic rings. The van der Waals surface area contributed by atoms with E-state index in [-0.39, 0.29) is 6.17 Å². The molecular weight excluding hydrogens is 486 g/mol. The van der Waals surface area contributed by atoms with Crippen LogP contribution in [0.3, 0.4) is 0 Å². The molecule has 5 heteroatoms. The van der Waals surface area contributed by atoms with Crippen LogP contribution in [-0.4, -0.2) is 9.78 Å². The van der Waals surface area contributed by atoms with Gasteiger partial charge in [0, 0.05) is 21.3 Å². The summed E-state index contributed by atoms with van der Waals surface area (Å²) in [6, 6.07) is 29.5. The van der Waals surface area contributed by atoms with Gasteiger partial charge in [-0.15, -0.1) is 0 Å². The van der Waals surface area contributed by atoms with Crippen LogP contribution in [0.5, 0.6) is 5.75 Å². The average Bonchev–Trinajstić information content (AvgIpc) is 3.24. The van der Waals surface area contributed by atoms with E-state index < -0.39 is 0 Å². The van der Waals surface area contributed by atoms with Gasteiger partial charge in [0.2, 0.25) is 0 Å². The predicted octanol–water partition coefficient (Wildman–Crippen LogP) is 7.63. The summed E-state index contributed by atoms with van der Waals surface area (Å²) < 4.78 is 9.63. The summed E-state index contributed by atoms with van der Waals surface area (Å²) >= 11 is 3.56. The van der Waals surface area contributed by atoms with E-state index in [2.05, 4.69) is 106 Å². The molecule has 2 heterocycles. The molecule has 0 radical (unpaired) electrons. The fraction of sp³-hybridized carbons (Fsp3) is 0.138. The van der Waals surface area contributed by atoms with Crippen LogP contribution in [0.1, 0.15) is 28.6 Å². The minimum Gasteiger partial charge on any atom is -0.488 e. The minimum absolute atomic E-state index is 0.194. The first-order valence-corrected chi connectivity index (χ1v) is 12.2. The lowest BCUT2D eigenvalue weighted by atomic mass is 9.97. The molecule has 34 heavy (non-hydrogen) atoms. The van der Waals surface area contributed by atoms with E-state index in [4.69, 9.17) is 9.84 Å². The third kappa shape index (κ3) is 3.57. The number of ether oxygens (including phenoxy) is 1. The average molecular weight is 510 g/mol. The third-order valence-electron chi connectivity index (χ3n) is 6.42. The first kappa shape index (κ1) is 21.0. The van der Waals surface area contributed by atoms with Gasteiger partial charge in [0.05, 0.1) is 11.4 Å². The molecule has 1 aliphatic heterocycles. The summed E-state index contributed by atoms with van der Waals surface area (Å²) in [6.45, 7) is 4.68. The van der Waals surface area contributed by atoms with Gasteiger partial charge in [-0.3, -0.25) is 0 Å². The molecule has 4 aromatic carbocycles. The number of aryl methyl sites for hydroxylation is 2. The van der Waals surface area contributed by atoms with Crippen LogP contribution in [0.4, 0.5) is 5.69 Å². The molecule has 0 bridgehead atoms. The summed E-state index contributed by atoms with van der Waals surface area (Å²) in [6.07, 6.45) is -0.194. The Hall–Kier alpha value is -3.57. The highest BCUT2D eigenvalue weighted by Crippen LogP contribution is 2.44. The van der Waals surface area contributed by atoms with Gasteiger partial charge < -0.3 is 10.1 Å². The fourth-order valence-electron chi connectivity index (χ4n) is 4.85. The molecule has 0 fully saturated rings. The van der Waals surface area contributed by atoms with Gasteiger partial charge in [0.1, 0.15) is 12.4 Å². The molecule has 0 amide bonds. The molecule has 1 aliphatic rings. The normalized spacial score (nSPS) is 14.4. The van der Waals surface area contributed by atoms with Crippen molar-refractivity contribution in [3.63, 3.8) is 0 Å². The van der Waals surface area contributed by atoms with Gasteiger partial charge in [0.25, 0.3) is 0 Å². The van der Waals surface area contributed by atoms with Crippen LogP contribution < -0.4 is 10.1 Å². The van der Waals surface area contributed by atoms with Crippen LogP contribution in [0.2, 0.25) is 0 Å². The van der Waals surface area contributed by atoms with Crippen molar-refractivity contribution in [1.29, 1.82) is 0 Å². The molecule has 1 unspecified atom stereocenters. The van der Waals surface area contributed by atoms with Crippen molar-refractivity contribution in [2.75, 3.05) is 5.32 Å². The summed E-state index contributed by atoms with van der Waals surface area (Å²) in [5.74, 6) is 0.854. The standard InChI is InChI=1S/C29H24BrN3O/c1-18-7-5-12-24-25-15-19(2)32-33(25)29(31-28(18)24)27-23-11-4-3-9-21(23)13-14-26(27)34-17-20-8-6-10-22(30)16-20/h3-16,29,31H,17H2,1-2H3. The third-order valence-corrected chi connectivity index (χ3v) is 6.91. The molecule has 1 aromatic heterocycles. The van der Waals surface area contributed by atoms with E-state index in [1.807, 2.05) is 19.1 Å². The number of rotatable bonds is 4. The van der Waals surface area contributed by atoms with E-state index >= 15 is 0 Å². The Balaban J connectivity index is 1.52. The molecule has 1 atom stereocenters. The zero-order chi connectivity index (χ0) is 23.2. The quantitative estimate of drug-likeness (QED) is 0.270. The van der Waals surface area contributed by atoms with Gasteiger partial charge in [0.15, 0.2) is 6.17 Å². The highest BCUT2D eigenvalue weighted by molar-refractivity contribution is 9.10. The molecule has 0 saturated heterocycles. The fourth-order valence-corrected chi connectivity index (χ4v) is 5.30. The number of aromatic nitrogens is 2. The van der Waals surface area contributed by atoms with E-state index in [1.165, 1.54) is 16.5 Å². The van der Waals surface area contributed by atoms with Crippen LogP contribution in [0.25, 0.3) is 22.0 Å². The van der Waals surface area contributed by atoms with Crippen LogP contribution in [0.15, 0.2) is 89.4 Å². The lowest BCUT2D eigenvalue weighted by molar-refractivity contribution is 0.300. The highest BCUT2D eigenvalue weighted by Gasteiger charge is 2.30. The maximum atomic E-state index is 6.48. The number of para-hydroxylation sites is 1. The second-order valence-electron chi connectivity index (χ2n) is 8.78. The number of nitrogens with one attached hydrogen (secondary N) is 1. The second kappa shape index (κ2) is 8.33. The number of nitrogens with zero attached hydrogens (tertiary/aromatic N) is 2. The maximum Gasteiger partial charge on any atom is 0.151 e. The van der Waals surface area contributed by atoms with Gasteiger partial charge >= 0.3 is 0 Å². The van der Waals surface area contributed by atoms with Gasteiger partial charge in [-0.05, 0) is 60.0 Å². The van der Waals surface area contributed by atoms with Crippen LogP contribution in [0, 0.1) is 13.8 Å². The van der Waals surface area contributed by atoms with Crippen LogP contribution in [-0.2, 0) is 6.61 Å². The van der Waals surface area contributed by atoms with Crippen molar-refractivity contribution in [3.8, 4) is 17.0 Å². The van der Waals surface area contributed by atoms with Gasteiger partial charge in [-0.1, -0.05) is 76.6 Å². The number of fused-ring (bicyclic) bond motifs is 4. The van der Waals surface area contributed by atoms with Gasteiger partial charge in [-0.2, -0.15) is 5.10 Å². The zero-order valence-corrected chi connectivity index (χ0v) is 20.6. The smallest absolute Gasteiger partial charge is 0.151 e. The van der Waals surface area contributed by atoms with Crippen molar-refractivity contribution >= 4 is 32.4 Å². The van der Waals surface area contributed by atoms with Crippen molar-refractivity contribution in [1.82, 2.24) is 9.78 Å².